The number of benzene rings is 2. The van der Waals surface area contributed by atoms with Gasteiger partial charge in [0.15, 0.2) is 17.5 Å². The Bertz CT molecular complexity index is 1390. The number of carbonyl (C=O) groups excluding carboxylic acids is 1. The van der Waals surface area contributed by atoms with Gasteiger partial charge in [-0.2, -0.15) is 5.10 Å². The lowest BCUT2D eigenvalue weighted by Crippen LogP contribution is -2.44. The summed E-state index contributed by atoms with van der Waals surface area (Å²) >= 11 is 0. The lowest BCUT2D eigenvalue weighted by atomic mass is 9.97. The molecule has 2 aromatic carbocycles. The molecule has 0 aliphatic carbocycles. The Morgan fingerprint density at radius 3 is 2.38 bits per heavy atom. The van der Waals surface area contributed by atoms with Gasteiger partial charge in [-0.15, -0.1) is 10.2 Å². The monoisotopic (exact) mass is 471 g/mol. The number of aryl methyl sites for hydroxylation is 1. The van der Waals surface area contributed by atoms with Gasteiger partial charge in [0, 0.05) is 30.3 Å². The zero-order valence-electron chi connectivity index (χ0n) is 17.7. The van der Waals surface area contributed by atoms with Crippen molar-refractivity contribution in [2.45, 2.75) is 12.6 Å². The van der Waals surface area contributed by atoms with E-state index in [2.05, 4.69) is 15.3 Å². The topological polar surface area (TPSA) is 94.9 Å². The molecule has 0 spiro atoms. The molecule has 1 amide bonds. The number of hydrogen-bond acceptors (Lipinski definition) is 5. The highest BCUT2D eigenvalue weighted by Gasteiger charge is 2.34. The largest absolute Gasteiger partial charge is 0.317 e. The van der Waals surface area contributed by atoms with E-state index in [4.69, 9.17) is 5.73 Å². The van der Waals surface area contributed by atoms with Crippen LogP contribution in [-0.2, 0) is 13.5 Å². The molecular weight excluding hydrogens is 454 g/mol. The predicted octanol–water partition coefficient (Wildman–Crippen LogP) is 2.88. The minimum absolute atomic E-state index is 0.0708. The lowest BCUT2D eigenvalue weighted by molar-refractivity contribution is 0.0661. The molecule has 2 aromatic heterocycles. The summed E-state index contributed by atoms with van der Waals surface area (Å²) in [5.74, 6) is -5.35. The van der Waals surface area contributed by atoms with Crippen LogP contribution in [0.25, 0.3) is 16.9 Å². The molecule has 1 aliphatic rings. The molecule has 1 atom stereocenters. The Labute approximate surface area is 190 Å². The Morgan fingerprint density at radius 2 is 1.71 bits per heavy atom. The summed E-state index contributed by atoms with van der Waals surface area (Å²) in [6, 6.07) is 5.60. The first-order valence-electron chi connectivity index (χ1n) is 10.2. The Hall–Kier alpha value is -4.06. The molecule has 0 unspecified atom stereocenters. The summed E-state index contributed by atoms with van der Waals surface area (Å²) in [6.07, 6.45) is 2.02. The first-order valence-corrected chi connectivity index (χ1v) is 10.2. The van der Waals surface area contributed by atoms with Gasteiger partial charge in [-0.05, 0) is 36.8 Å². The summed E-state index contributed by atoms with van der Waals surface area (Å²) in [5, 5.41) is 11.7. The van der Waals surface area contributed by atoms with Gasteiger partial charge in [0.05, 0.1) is 11.4 Å². The maximum Gasteiger partial charge on any atom is 0.255 e. The van der Waals surface area contributed by atoms with Gasteiger partial charge in [0.2, 0.25) is 0 Å². The van der Waals surface area contributed by atoms with Gasteiger partial charge < -0.3 is 10.6 Å². The molecule has 0 radical (unpaired) electrons. The smallest absolute Gasteiger partial charge is 0.255 e. The number of aromatic nitrogens is 5. The third-order valence-corrected chi connectivity index (χ3v) is 5.76. The van der Waals surface area contributed by atoms with Crippen LogP contribution in [0, 0.1) is 23.3 Å². The molecule has 0 saturated heterocycles. The number of hydrogen-bond donors (Lipinski definition) is 1. The Kier molecular flexibility index (Phi) is 5.16. The number of amides is 1. The molecule has 4 aromatic rings. The third-order valence-electron chi connectivity index (χ3n) is 5.76. The van der Waals surface area contributed by atoms with E-state index < -0.39 is 35.3 Å². The highest BCUT2D eigenvalue weighted by molar-refractivity contribution is 5.95. The number of nitrogens with two attached hydrogens (primary N) is 1. The van der Waals surface area contributed by atoms with Crippen LogP contribution < -0.4 is 5.73 Å². The number of fused-ring (bicyclic) bond motifs is 1. The van der Waals surface area contributed by atoms with Crippen molar-refractivity contribution in [3.8, 4) is 16.9 Å². The minimum atomic E-state index is -1.56. The van der Waals surface area contributed by atoms with E-state index >= 15 is 0 Å². The number of nitrogens with zero attached hydrogens (tertiary/aromatic N) is 6. The van der Waals surface area contributed by atoms with Crippen molar-refractivity contribution >= 4 is 5.91 Å². The molecule has 1 aliphatic heterocycles. The van der Waals surface area contributed by atoms with Crippen molar-refractivity contribution in [2.24, 2.45) is 12.8 Å². The van der Waals surface area contributed by atoms with E-state index in [1.165, 1.54) is 38.9 Å². The van der Waals surface area contributed by atoms with Gasteiger partial charge in [-0.25, -0.2) is 17.6 Å². The van der Waals surface area contributed by atoms with E-state index in [-0.39, 0.29) is 24.1 Å². The van der Waals surface area contributed by atoms with Crippen molar-refractivity contribution in [3.63, 3.8) is 0 Å². The van der Waals surface area contributed by atoms with Crippen LogP contribution in [0.5, 0.6) is 0 Å². The molecule has 12 heteroatoms. The summed E-state index contributed by atoms with van der Waals surface area (Å²) < 4.78 is 58.2. The van der Waals surface area contributed by atoms with Crippen molar-refractivity contribution in [3.05, 3.63) is 83.1 Å². The first kappa shape index (κ1) is 21.8. The van der Waals surface area contributed by atoms with E-state index in [0.717, 1.165) is 18.2 Å². The average Bonchev–Trinajstić information content (AvgIpc) is 3.45. The van der Waals surface area contributed by atoms with E-state index in [1.54, 1.807) is 7.05 Å². The van der Waals surface area contributed by atoms with Crippen LogP contribution in [0.4, 0.5) is 17.6 Å². The molecule has 3 heterocycles. The van der Waals surface area contributed by atoms with Gasteiger partial charge in [-0.1, -0.05) is 0 Å². The second kappa shape index (κ2) is 8.06. The Balaban J connectivity index is 1.50. The SMILES string of the molecule is Cn1nc2c(c1-c1cc(F)c(F)c(F)c1)CCN(C(=O)c1cc(F)cc(-n3cnnc3)c1)[C@H]2N. The predicted molar refractivity (Wildman–Crippen MR) is 112 cm³/mol. The third kappa shape index (κ3) is 3.52. The van der Waals surface area contributed by atoms with Crippen LogP contribution in [0.15, 0.2) is 43.0 Å². The van der Waals surface area contributed by atoms with E-state index in [9.17, 15) is 22.4 Å². The number of halogens is 4. The Morgan fingerprint density at radius 1 is 1.03 bits per heavy atom. The van der Waals surface area contributed by atoms with Crippen LogP contribution in [0.2, 0.25) is 0 Å². The second-order valence-corrected chi connectivity index (χ2v) is 7.85. The van der Waals surface area contributed by atoms with Crippen molar-refractivity contribution in [1.82, 2.24) is 29.4 Å². The number of carbonyl (C=O) groups is 1. The van der Waals surface area contributed by atoms with Crippen molar-refractivity contribution in [2.75, 3.05) is 6.54 Å². The molecule has 174 valence electrons. The van der Waals surface area contributed by atoms with Gasteiger partial charge >= 0.3 is 0 Å². The molecule has 34 heavy (non-hydrogen) atoms. The van der Waals surface area contributed by atoms with Crippen molar-refractivity contribution in [1.29, 1.82) is 0 Å². The summed E-state index contributed by atoms with van der Waals surface area (Å²) in [4.78, 5) is 14.6. The molecule has 0 fully saturated rings. The van der Waals surface area contributed by atoms with E-state index in [0.29, 0.717) is 22.6 Å². The minimum Gasteiger partial charge on any atom is -0.317 e. The zero-order valence-corrected chi connectivity index (χ0v) is 17.7. The second-order valence-electron chi connectivity index (χ2n) is 7.85. The molecular formula is C22H17F4N7O. The highest BCUT2D eigenvalue weighted by Crippen LogP contribution is 2.35. The molecule has 0 saturated carbocycles. The van der Waals surface area contributed by atoms with Gasteiger partial charge in [0.25, 0.3) is 5.91 Å². The molecule has 5 rings (SSSR count). The molecule has 8 nitrogen and oxygen atoms in total. The lowest BCUT2D eigenvalue weighted by Gasteiger charge is -2.32. The molecule has 0 bridgehead atoms. The fourth-order valence-electron chi connectivity index (χ4n) is 4.22. The fourth-order valence-corrected chi connectivity index (χ4v) is 4.22. The zero-order chi connectivity index (χ0) is 24.1. The normalized spacial score (nSPS) is 15.5. The summed E-state index contributed by atoms with van der Waals surface area (Å²) in [7, 11) is 1.56. The van der Waals surface area contributed by atoms with Crippen LogP contribution in [-0.4, -0.2) is 41.9 Å². The summed E-state index contributed by atoms with van der Waals surface area (Å²) in [5.41, 5.74) is 8.17. The van der Waals surface area contributed by atoms with Crippen LogP contribution >= 0.6 is 0 Å². The van der Waals surface area contributed by atoms with Crippen molar-refractivity contribution < 1.29 is 22.4 Å². The van der Waals surface area contributed by atoms with Gasteiger partial charge in [0.1, 0.15) is 30.3 Å². The number of rotatable bonds is 3. The fraction of sp³-hybridized carbons (Fsp3) is 0.182. The highest BCUT2D eigenvalue weighted by atomic mass is 19.2. The van der Waals surface area contributed by atoms with Gasteiger partial charge in [-0.3, -0.25) is 14.0 Å². The quantitative estimate of drug-likeness (QED) is 0.366. The van der Waals surface area contributed by atoms with Crippen LogP contribution in [0.3, 0.4) is 0 Å². The first-order chi connectivity index (χ1) is 16.2. The maximum atomic E-state index is 14.3. The summed E-state index contributed by atoms with van der Waals surface area (Å²) in [6.45, 7) is 0.149. The van der Waals surface area contributed by atoms with Crippen LogP contribution in [0.1, 0.15) is 27.8 Å². The van der Waals surface area contributed by atoms with E-state index in [1.807, 2.05) is 0 Å². The maximum absolute atomic E-state index is 14.3. The standard InChI is InChI=1S/C22H17F4N7O/c1-31-20(11-6-16(24)18(26)17(25)7-11)15-2-3-33(21(27)19(15)30-31)22(34)12-4-13(23)8-14(5-12)32-9-28-29-10-32/h4-10,21H,2-3,27H2,1H3/t21-/m1/s1. The molecule has 2 N–H and O–H groups in total. The average molecular weight is 471 g/mol.